The Morgan fingerprint density at radius 3 is 2.36 bits per heavy atom. The number of H-pyrrole nitrogens is 1. The van der Waals surface area contributed by atoms with E-state index in [0.717, 1.165) is 46.7 Å². The highest BCUT2D eigenvalue weighted by Crippen LogP contribution is 2.26. The third kappa shape index (κ3) is 6.61. The minimum atomic E-state index is -0.101. The second-order valence-electron chi connectivity index (χ2n) is 10.1. The number of anilines is 1. The highest BCUT2D eigenvalue weighted by Gasteiger charge is 2.20. The maximum atomic E-state index is 13.6. The number of benzene rings is 3. The molecule has 2 aliphatic heterocycles. The number of hydrogen-bond donors (Lipinski definition) is 2. The zero-order valence-electron chi connectivity index (χ0n) is 22.4. The largest absolute Gasteiger partial charge is 0.384 e. The number of aromatic nitrogens is 3. The fourth-order valence-electron chi connectivity index (χ4n) is 4.94. The van der Waals surface area contributed by atoms with Gasteiger partial charge in [-0.15, -0.1) is 0 Å². The summed E-state index contributed by atoms with van der Waals surface area (Å²) in [6, 6.07) is 26.3. The molecule has 0 atom stereocenters. The van der Waals surface area contributed by atoms with Crippen molar-refractivity contribution >= 4 is 17.3 Å². The first-order valence-corrected chi connectivity index (χ1v) is 14.2. The predicted octanol–water partition coefficient (Wildman–Crippen LogP) is 7.88. The van der Waals surface area contributed by atoms with Crippen molar-refractivity contribution in [2.75, 3.05) is 11.9 Å². The van der Waals surface area contributed by atoms with Crippen molar-refractivity contribution in [3.05, 3.63) is 123 Å². The van der Waals surface area contributed by atoms with Gasteiger partial charge in [-0.2, -0.15) is 0 Å². The van der Waals surface area contributed by atoms with Crippen molar-refractivity contribution in [2.45, 2.75) is 51.9 Å². The van der Waals surface area contributed by atoms with Gasteiger partial charge < -0.3 is 10.3 Å². The fraction of sp³-hybridized carbons (Fsp3) is 0.273. The molecule has 0 saturated heterocycles. The Labute approximate surface area is 235 Å². The van der Waals surface area contributed by atoms with Gasteiger partial charge in [0.05, 0.1) is 22.1 Å². The molecule has 0 aliphatic carbocycles. The molecule has 0 aromatic heterocycles. The Hall–Kier alpha value is -3.83. The quantitative estimate of drug-likeness (QED) is 0.159. The second-order valence-corrected chi connectivity index (χ2v) is 10.5. The van der Waals surface area contributed by atoms with E-state index in [0.29, 0.717) is 29.4 Å². The zero-order valence-corrected chi connectivity index (χ0v) is 23.2. The van der Waals surface area contributed by atoms with Crippen LogP contribution in [0.25, 0.3) is 17.1 Å². The van der Waals surface area contributed by atoms with E-state index >= 15 is 0 Å². The van der Waals surface area contributed by atoms with Crippen LogP contribution in [0.2, 0.25) is 5.02 Å². The first-order valence-electron chi connectivity index (χ1n) is 13.9. The van der Waals surface area contributed by atoms with Gasteiger partial charge in [-0.1, -0.05) is 111 Å². The first-order chi connectivity index (χ1) is 19.1. The standard InChI is InChI=1S/C33H35ClN4O/c1-2-3-4-5-12-19-35-28-18-17-25(20-27(28)34)22-30-33(39)38-23-31(26-15-10-7-11-16-26)36-29(32(38)37-30)21-24-13-8-6-9-14-24/h6-11,13-18,20,23,35-36H,2-5,12,19,21-22H2,1H3. The van der Waals surface area contributed by atoms with Crippen LogP contribution in [-0.2, 0) is 12.8 Å². The maximum Gasteiger partial charge on any atom is 0.278 e. The van der Waals surface area contributed by atoms with Crippen molar-refractivity contribution < 1.29 is 0 Å². The number of nitrogens with zero attached hydrogens (tertiary/aromatic N) is 2. The number of imidazole rings is 1. The molecule has 2 N–H and O–H groups in total. The van der Waals surface area contributed by atoms with Crippen LogP contribution >= 0.6 is 11.6 Å². The van der Waals surface area contributed by atoms with Crippen molar-refractivity contribution in [2.24, 2.45) is 0 Å². The molecule has 3 aromatic carbocycles. The summed E-state index contributed by atoms with van der Waals surface area (Å²) >= 11 is 6.61. The summed E-state index contributed by atoms with van der Waals surface area (Å²) in [6.07, 6.45) is 9.10. The minimum absolute atomic E-state index is 0.101. The van der Waals surface area contributed by atoms with Gasteiger partial charge >= 0.3 is 0 Å². The van der Waals surface area contributed by atoms with Crippen molar-refractivity contribution in [3.63, 3.8) is 0 Å². The topological polar surface area (TPSA) is 62.7 Å². The highest BCUT2D eigenvalue weighted by atomic mass is 35.5. The minimum Gasteiger partial charge on any atom is -0.384 e. The summed E-state index contributed by atoms with van der Waals surface area (Å²) in [4.78, 5) is 22.0. The van der Waals surface area contributed by atoms with Crippen LogP contribution in [-0.4, -0.2) is 21.1 Å². The van der Waals surface area contributed by atoms with E-state index in [4.69, 9.17) is 16.6 Å². The molecule has 0 fully saturated rings. The average Bonchev–Trinajstić information content (AvgIpc) is 3.27. The highest BCUT2D eigenvalue weighted by molar-refractivity contribution is 6.33. The maximum absolute atomic E-state index is 13.6. The Morgan fingerprint density at radius 1 is 0.872 bits per heavy atom. The molecule has 5 rings (SSSR count). The molecule has 2 aliphatic rings. The van der Waals surface area contributed by atoms with Crippen LogP contribution in [0.15, 0.2) is 89.9 Å². The molecule has 0 amide bonds. The van der Waals surface area contributed by atoms with E-state index in [9.17, 15) is 4.79 Å². The van der Waals surface area contributed by atoms with Crippen molar-refractivity contribution in [1.82, 2.24) is 14.5 Å². The summed E-state index contributed by atoms with van der Waals surface area (Å²) < 4.78 is 1.68. The predicted molar refractivity (Wildman–Crippen MR) is 162 cm³/mol. The third-order valence-corrected chi connectivity index (χ3v) is 7.37. The number of halogens is 1. The molecule has 2 heterocycles. The number of fused-ring (bicyclic) bond motifs is 1. The smallest absolute Gasteiger partial charge is 0.278 e. The lowest BCUT2D eigenvalue weighted by atomic mass is 10.1. The molecule has 3 aromatic rings. The van der Waals surface area contributed by atoms with Crippen molar-refractivity contribution in [1.29, 1.82) is 0 Å². The van der Waals surface area contributed by atoms with Gasteiger partial charge in [0.15, 0.2) is 5.82 Å². The van der Waals surface area contributed by atoms with Gasteiger partial charge in [0.1, 0.15) is 5.69 Å². The summed E-state index contributed by atoms with van der Waals surface area (Å²) in [7, 11) is 0. The Morgan fingerprint density at radius 2 is 1.62 bits per heavy atom. The van der Waals surface area contributed by atoms with Crippen LogP contribution in [0, 0.1) is 0 Å². The van der Waals surface area contributed by atoms with Gasteiger partial charge in [-0.25, -0.2) is 4.98 Å². The average molecular weight is 539 g/mol. The van der Waals surface area contributed by atoms with Crippen molar-refractivity contribution in [3.8, 4) is 17.1 Å². The number of rotatable bonds is 12. The van der Waals surface area contributed by atoms with Gasteiger partial charge in [0.25, 0.3) is 5.56 Å². The molecular formula is C33H35ClN4O. The SMILES string of the molecule is CCCCCCCNc1ccc(Cc2nc3c(Cc4ccccc4)[nH]c(-c4ccccc4)cn-3c2=O)cc1Cl. The fourth-order valence-corrected chi connectivity index (χ4v) is 5.21. The second kappa shape index (κ2) is 12.8. The van der Waals surface area contributed by atoms with E-state index in [1.165, 1.54) is 25.7 Å². The molecule has 0 bridgehead atoms. The van der Waals surface area contributed by atoms with E-state index in [2.05, 4.69) is 29.4 Å². The molecule has 6 heteroatoms. The van der Waals surface area contributed by atoms with Crippen LogP contribution in [0.3, 0.4) is 0 Å². The molecule has 39 heavy (non-hydrogen) atoms. The number of hydrogen-bond acceptors (Lipinski definition) is 3. The molecule has 5 nitrogen and oxygen atoms in total. The van der Waals surface area contributed by atoms with E-state index in [1.807, 2.05) is 72.9 Å². The van der Waals surface area contributed by atoms with Gasteiger partial charge in [-0.3, -0.25) is 9.36 Å². The van der Waals surface area contributed by atoms with E-state index in [-0.39, 0.29) is 5.56 Å². The zero-order chi connectivity index (χ0) is 27.0. The summed E-state index contributed by atoms with van der Waals surface area (Å²) in [5.74, 6) is 0.658. The number of nitrogens with one attached hydrogen (secondary N) is 2. The molecule has 0 saturated carbocycles. The lowest BCUT2D eigenvalue weighted by Crippen LogP contribution is -2.17. The van der Waals surface area contributed by atoms with Crippen LogP contribution < -0.4 is 10.9 Å². The molecule has 200 valence electrons. The Kier molecular flexibility index (Phi) is 8.79. The summed E-state index contributed by atoms with van der Waals surface area (Å²) in [6.45, 7) is 3.14. The van der Waals surface area contributed by atoms with Crippen LogP contribution in [0.1, 0.15) is 61.5 Å². The van der Waals surface area contributed by atoms with Gasteiger partial charge in [-0.05, 0) is 35.2 Å². The first kappa shape index (κ1) is 26.8. The lowest BCUT2D eigenvalue weighted by Gasteiger charge is -2.13. The number of unbranched alkanes of at least 4 members (excludes halogenated alkanes) is 4. The van der Waals surface area contributed by atoms with Crippen LogP contribution in [0.5, 0.6) is 0 Å². The summed E-state index contributed by atoms with van der Waals surface area (Å²) in [5, 5.41) is 4.12. The monoisotopic (exact) mass is 538 g/mol. The van der Waals surface area contributed by atoms with E-state index < -0.39 is 0 Å². The Bertz CT molecular complexity index is 1520. The van der Waals surface area contributed by atoms with Crippen LogP contribution in [0.4, 0.5) is 5.69 Å². The van der Waals surface area contributed by atoms with Gasteiger partial charge in [0.2, 0.25) is 0 Å². The van der Waals surface area contributed by atoms with E-state index in [1.54, 1.807) is 4.57 Å². The third-order valence-electron chi connectivity index (χ3n) is 7.06. The Balaban J connectivity index is 1.40. The number of aromatic amines is 1. The van der Waals surface area contributed by atoms with Gasteiger partial charge in [0, 0.05) is 25.6 Å². The summed E-state index contributed by atoms with van der Waals surface area (Å²) in [5.41, 5.74) is 6.25. The molecule has 0 unspecified atom stereocenters. The normalized spacial score (nSPS) is 11.2. The lowest BCUT2D eigenvalue weighted by molar-refractivity contribution is 0.645. The molecule has 0 radical (unpaired) electrons. The molecular weight excluding hydrogens is 504 g/mol. The molecule has 0 spiro atoms.